The minimum absolute atomic E-state index is 0.0252. The Morgan fingerprint density at radius 3 is 2.68 bits per heavy atom. The van der Waals surface area contributed by atoms with Crippen LogP contribution in [0, 0.1) is 21.4 Å². The standard InChI is InChI=1S/C14H17N3O2/c1-2-16(12-5-3-4-6-12)14-8-7-13(17(18)19)9-11(14)10-15/h7-9,12H,2-6H2,1H3. The van der Waals surface area contributed by atoms with Crippen LogP contribution in [0.15, 0.2) is 18.2 Å². The highest BCUT2D eigenvalue weighted by Crippen LogP contribution is 2.31. The quantitative estimate of drug-likeness (QED) is 0.614. The van der Waals surface area contributed by atoms with Gasteiger partial charge in [-0.3, -0.25) is 10.1 Å². The lowest BCUT2D eigenvalue weighted by atomic mass is 10.1. The molecule has 100 valence electrons. The average Bonchev–Trinajstić information content (AvgIpc) is 2.93. The van der Waals surface area contributed by atoms with Crippen molar-refractivity contribution in [1.29, 1.82) is 5.26 Å². The highest BCUT2D eigenvalue weighted by molar-refractivity contribution is 5.63. The first-order valence-electron chi connectivity index (χ1n) is 6.62. The van der Waals surface area contributed by atoms with Crippen LogP contribution in [0.2, 0.25) is 0 Å². The zero-order valence-corrected chi connectivity index (χ0v) is 11.0. The van der Waals surface area contributed by atoms with Gasteiger partial charge >= 0.3 is 0 Å². The van der Waals surface area contributed by atoms with Crippen LogP contribution in [-0.2, 0) is 0 Å². The van der Waals surface area contributed by atoms with Gasteiger partial charge in [0.2, 0.25) is 0 Å². The molecule has 1 aromatic rings. The Morgan fingerprint density at radius 2 is 2.16 bits per heavy atom. The van der Waals surface area contributed by atoms with Crippen LogP contribution in [0.1, 0.15) is 38.2 Å². The van der Waals surface area contributed by atoms with Crippen LogP contribution in [-0.4, -0.2) is 17.5 Å². The van der Waals surface area contributed by atoms with E-state index in [1.807, 2.05) is 0 Å². The predicted octanol–water partition coefficient (Wildman–Crippen LogP) is 3.24. The van der Waals surface area contributed by atoms with Crippen LogP contribution in [0.25, 0.3) is 0 Å². The van der Waals surface area contributed by atoms with E-state index < -0.39 is 4.92 Å². The van der Waals surface area contributed by atoms with Gasteiger partial charge in [-0.15, -0.1) is 0 Å². The fourth-order valence-corrected chi connectivity index (χ4v) is 2.82. The summed E-state index contributed by atoms with van der Waals surface area (Å²) in [5.41, 5.74) is 1.19. The SMILES string of the molecule is CCN(c1ccc([N+](=O)[O-])cc1C#N)C1CCCC1. The van der Waals surface area contributed by atoms with E-state index in [2.05, 4.69) is 17.9 Å². The van der Waals surface area contributed by atoms with Crippen molar-refractivity contribution in [2.24, 2.45) is 0 Å². The molecule has 0 aliphatic heterocycles. The molecular weight excluding hydrogens is 242 g/mol. The number of nitro benzene ring substituents is 1. The maximum absolute atomic E-state index is 10.8. The summed E-state index contributed by atoms with van der Waals surface area (Å²) >= 11 is 0. The number of rotatable bonds is 4. The van der Waals surface area contributed by atoms with Gasteiger partial charge in [0.05, 0.1) is 16.2 Å². The number of nitro groups is 1. The van der Waals surface area contributed by atoms with Crippen LogP contribution in [0.5, 0.6) is 0 Å². The first-order chi connectivity index (χ1) is 9.17. The van der Waals surface area contributed by atoms with Crippen molar-refractivity contribution in [3.8, 4) is 6.07 Å². The number of hydrogen-bond donors (Lipinski definition) is 0. The predicted molar refractivity (Wildman–Crippen MR) is 73.1 cm³/mol. The number of hydrogen-bond acceptors (Lipinski definition) is 4. The van der Waals surface area contributed by atoms with Gasteiger partial charge in [-0.1, -0.05) is 12.8 Å². The van der Waals surface area contributed by atoms with Crippen LogP contribution < -0.4 is 4.90 Å². The molecule has 5 heteroatoms. The molecule has 2 rings (SSSR count). The molecule has 0 radical (unpaired) electrons. The van der Waals surface area contributed by atoms with E-state index in [4.69, 9.17) is 0 Å². The summed E-state index contributed by atoms with van der Waals surface area (Å²) in [6.07, 6.45) is 4.71. The first-order valence-corrected chi connectivity index (χ1v) is 6.62. The molecule has 0 aromatic heterocycles. The van der Waals surface area contributed by atoms with Crippen molar-refractivity contribution in [3.63, 3.8) is 0 Å². The molecule has 1 fully saturated rings. The van der Waals surface area contributed by atoms with E-state index in [-0.39, 0.29) is 5.69 Å². The monoisotopic (exact) mass is 259 g/mol. The topological polar surface area (TPSA) is 70.2 Å². The normalized spacial score (nSPS) is 15.2. The molecule has 0 bridgehead atoms. The number of benzene rings is 1. The molecule has 1 aromatic carbocycles. The third kappa shape index (κ3) is 2.68. The molecule has 1 aliphatic carbocycles. The minimum atomic E-state index is -0.462. The second-order valence-corrected chi connectivity index (χ2v) is 4.79. The summed E-state index contributed by atoms with van der Waals surface area (Å²) in [5.74, 6) is 0. The Balaban J connectivity index is 2.37. The minimum Gasteiger partial charge on any atom is -0.368 e. The van der Waals surface area contributed by atoms with Gasteiger partial charge in [-0.2, -0.15) is 5.26 Å². The molecule has 0 atom stereocenters. The van der Waals surface area contributed by atoms with Crippen molar-refractivity contribution >= 4 is 11.4 Å². The van der Waals surface area contributed by atoms with Crippen LogP contribution in [0.3, 0.4) is 0 Å². The molecular formula is C14H17N3O2. The van der Waals surface area contributed by atoms with E-state index >= 15 is 0 Å². The van der Waals surface area contributed by atoms with E-state index in [1.165, 1.54) is 25.0 Å². The van der Waals surface area contributed by atoms with Crippen molar-refractivity contribution in [2.75, 3.05) is 11.4 Å². The zero-order valence-electron chi connectivity index (χ0n) is 11.0. The van der Waals surface area contributed by atoms with Crippen molar-refractivity contribution in [2.45, 2.75) is 38.6 Å². The number of anilines is 1. The maximum atomic E-state index is 10.8. The van der Waals surface area contributed by atoms with Crippen LogP contribution >= 0.6 is 0 Å². The lowest BCUT2D eigenvalue weighted by Gasteiger charge is -2.30. The molecule has 0 N–H and O–H groups in total. The molecule has 1 aliphatic rings. The van der Waals surface area contributed by atoms with Crippen LogP contribution in [0.4, 0.5) is 11.4 Å². The Morgan fingerprint density at radius 1 is 1.47 bits per heavy atom. The Labute approximate surface area is 112 Å². The number of nitriles is 1. The van der Waals surface area contributed by atoms with Gasteiger partial charge < -0.3 is 4.90 Å². The largest absolute Gasteiger partial charge is 0.368 e. The zero-order chi connectivity index (χ0) is 13.8. The summed E-state index contributed by atoms with van der Waals surface area (Å²) in [6, 6.07) is 7.09. The molecule has 0 saturated heterocycles. The second-order valence-electron chi connectivity index (χ2n) is 4.79. The van der Waals surface area contributed by atoms with Crippen molar-refractivity contribution < 1.29 is 4.92 Å². The van der Waals surface area contributed by atoms with Crippen molar-refractivity contribution in [1.82, 2.24) is 0 Å². The Kier molecular flexibility index (Phi) is 4.00. The van der Waals surface area contributed by atoms with E-state index in [0.717, 1.165) is 25.1 Å². The fourth-order valence-electron chi connectivity index (χ4n) is 2.82. The highest BCUT2D eigenvalue weighted by Gasteiger charge is 2.24. The average molecular weight is 259 g/mol. The first kappa shape index (κ1) is 13.3. The van der Waals surface area contributed by atoms with Gasteiger partial charge in [-0.05, 0) is 25.8 Å². The highest BCUT2D eigenvalue weighted by atomic mass is 16.6. The van der Waals surface area contributed by atoms with E-state index in [9.17, 15) is 15.4 Å². The molecule has 0 spiro atoms. The van der Waals surface area contributed by atoms with Gasteiger partial charge in [0.1, 0.15) is 6.07 Å². The molecule has 1 saturated carbocycles. The second kappa shape index (κ2) is 5.70. The number of non-ortho nitro benzene ring substituents is 1. The molecule has 5 nitrogen and oxygen atoms in total. The van der Waals surface area contributed by atoms with Crippen molar-refractivity contribution in [3.05, 3.63) is 33.9 Å². The molecule has 0 unspecified atom stereocenters. The fraction of sp³-hybridized carbons (Fsp3) is 0.500. The molecule has 19 heavy (non-hydrogen) atoms. The summed E-state index contributed by atoms with van der Waals surface area (Å²) in [5, 5.41) is 20.0. The summed E-state index contributed by atoms with van der Waals surface area (Å²) in [7, 11) is 0. The Hall–Kier alpha value is -2.09. The van der Waals surface area contributed by atoms with Gasteiger partial charge in [0, 0.05) is 24.7 Å². The molecule has 0 amide bonds. The third-order valence-electron chi connectivity index (χ3n) is 3.73. The third-order valence-corrected chi connectivity index (χ3v) is 3.73. The lowest BCUT2D eigenvalue weighted by molar-refractivity contribution is -0.384. The maximum Gasteiger partial charge on any atom is 0.270 e. The van der Waals surface area contributed by atoms with E-state index in [0.29, 0.717) is 11.6 Å². The smallest absolute Gasteiger partial charge is 0.270 e. The van der Waals surface area contributed by atoms with E-state index in [1.54, 1.807) is 6.07 Å². The summed E-state index contributed by atoms with van der Waals surface area (Å²) in [6.45, 7) is 2.87. The van der Waals surface area contributed by atoms with Gasteiger partial charge in [0.15, 0.2) is 0 Å². The number of nitrogens with zero attached hydrogens (tertiary/aromatic N) is 3. The van der Waals surface area contributed by atoms with Gasteiger partial charge in [-0.25, -0.2) is 0 Å². The lowest BCUT2D eigenvalue weighted by Crippen LogP contribution is -2.33. The molecule has 0 heterocycles. The summed E-state index contributed by atoms with van der Waals surface area (Å²) < 4.78 is 0. The Bertz CT molecular complexity index is 516. The summed E-state index contributed by atoms with van der Waals surface area (Å²) in [4.78, 5) is 12.5. The van der Waals surface area contributed by atoms with Gasteiger partial charge in [0.25, 0.3) is 5.69 Å².